The maximum Gasteiger partial charge on any atom is 0.308 e. The molecule has 56 heavy (non-hydrogen) atoms. The summed E-state index contributed by atoms with van der Waals surface area (Å²) in [4.78, 5) is 33.8. The van der Waals surface area contributed by atoms with Crippen LogP contribution in [0.15, 0.2) is 12.4 Å². The van der Waals surface area contributed by atoms with Gasteiger partial charge in [-0.05, 0) is 58.5 Å². The first-order valence-electron chi connectivity index (χ1n) is 24.3. The Hall–Kier alpha value is -1.80. The van der Waals surface area contributed by atoms with E-state index in [1.807, 2.05) is 0 Å². The first-order chi connectivity index (χ1) is 27.4. The van der Waals surface area contributed by atoms with E-state index in [9.17, 15) is 9.59 Å². The zero-order valence-electron chi connectivity index (χ0n) is 38.0. The number of likely N-dealkylation sites (N-methyl/N-ethyl adjacent to an activating group) is 1. The van der Waals surface area contributed by atoms with Crippen LogP contribution in [0.25, 0.3) is 0 Å². The number of piperazine rings is 1. The molecule has 1 aliphatic rings. The second-order valence-corrected chi connectivity index (χ2v) is 17.1. The Morgan fingerprint density at radius 3 is 1.34 bits per heavy atom. The molecular weight excluding hydrogens is 697 g/mol. The summed E-state index contributed by atoms with van der Waals surface area (Å²) >= 11 is 0. The van der Waals surface area contributed by atoms with E-state index >= 15 is 0 Å². The third kappa shape index (κ3) is 28.6. The minimum absolute atomic E-state index is 0.000385. The van der Waals surface area contributed by atoms with Crippen molar-refractivity contribution in [2.24, 2.45) is 11.8 Å². The van der Waals surface area contributed by atoms with Gasteiger partial charge < -0.3 is 29.5 Å². The highest BCUT2D eigenvalue weighted by atomic mass is 16.5. The van der Waals surface area contributed by atoms with Crippen molar-refractivity contribution in [3.05, 3.63) is 12.4 Å². The lowest BCUT2D eigenvalue weighted by atomic mass is 9.94. The molecule has 1 fully saturated rings. The van der Waals surface area contributed by atoms with Gasteiger partial charge >= 0.3 is 11.9 Å². The largest absolute Gasteiger partial charge is 0.465 e. The lowest BCUT2D eigenvalue weighted by molar-refractivity contribution is -0.150. The molecule has 0 aromatic heterocycles. The lowest BCUT2D eigenvalue weighted by Crippen LogP contribution is -2.45. The van der Waals surface area contributed by atoms with Crippen molar-refractivity contribution < 1.29 is 19.1 Å². The molecule has 0 saturated carbocycles. The summed E-state index contributed by atoms with van der Waals surface area (Å²) in [7, 11) is 2.20. The number of nitrogens with zero attached hydrogens (tertiary/aromatic N) is 3. The van der Waals surface area contributed by atoms with E-state index in [1.54, 1.807) is 0 Å². The SMILES string of the molecule is C=C(NCCCN1CCN(C)CC1)N(CCCOC(=O)C(CCCCCC)CCCCCCCC)CCCOC(=O)C(CCCCCC)CCCCCCCC. The number of hydrogen-bond donors (Lipinski definition) is 1. The predicted molar refractivity (Wildman–Crippen MR) is 239 cm³/mol. The van der Waals surface area contributed by atoms with E-state index in [-0.39, 0.29) is 23.8 Å². The fourth-order valence-corrected chi connectivity index (χ4v) is 7.93. The van der Waals surface area contributed by atoms with E-state index < -0.39 is 0 Å². The molecule has 330 valence electrons. The molecule has 0 spiro atoms. The Morgan fingerprint density at radius 1 is 0.554 bits per heavy atom. The van der Waals surface area contributed by atoms with Crippen molar-refractivity contribution in [3.8, 4) is 0 Å². The number of carbonyl (C=O) groups is 2. The van der Waals surface area contributed by atoms with Crippen molar-refractivity contribution in [2.75, 3.05) is 72.6 Å². The van der Waals surface area contributed by atoms with Crippen LogP contribution in [-0.2, 0) is 19.1 Å². The minimum atomic E-state index is -0.000385. The van der Waals surface area contributed by atoms with E-state index in [4.69, 9.17) is 9.47 Å². The van der Waals surface area contributed by atoms with Crippen LogP contribution in [0, 0.1) is 11.8 Å². The van der Waals surface area contributed by atoms with Crippen molar-refractivity contribution in [3.63, 3.8) is 0 Å². The Labute approximate surface area is 348 Å². The molecule has 1 heterocycles. The quantitative estimate of drug-likeness (QED) is 0.0486. The molecule has 1 saturated heterocycles. The third-order valence-corrected chi connectivity index (χ3v) is 11.9. The summed E-state index contributed by atoms with van der Waals surface area (Å²) in [6.45, 7) is 22.3. The number of ether oxygens (including phenoxy) is 2. The van der Waals surface area contributed by atoms with Crippen molar-refractivity contribution in [1.82, 2.24) is 20.0 Å². The molecule has 1 rings (SSSR count). The highest BCUT2D eigenvalue weighted by Gasteiger charge is 2.21. The highest BCUT2D eigenvalue weighted by molar-refractivity contribution is 5.72. The molecule has 8 heteroatoms. The second-order valence-electron chi connectivity index (χ2n) is 17.1. The lowest BCUT2D eigenvalue weighted by Gasteiger charge is -2.32. The van der Waals surface area contributed by atoms with Gasteiger partial charge in [-0.15, -0.1) is 0 Å². The van der Waals surface area contributed by atoms with Gasteiger partial charge in [0.25, 0.3) is 0 Å². The molecule has 2 unspecified atom stereocenters. The number of nitrogens with one attached hydrogen (secondary N) is 1. The zero-order chi connectivity index (χ0) is 40.9. The molecule has 8 nitrogen and oxygen atoms in total. The summed E-state index contributed by atoms with van der Waals surface area (Å²) in [5, 5.41) is 3.60. The van der Waals surface area contributed by atoms with Crippen LogP contribution in [0.3, 0.4) is 0 Å². The molecule has 0 aliphatic carbocycles. The fraction of sp³-hybridized carbons (Fsp3) is 0.917. The fourth-order valence-electron chi connectivity index (χ4n) is 7.93. The van der Waals surface area contributed by atoms with Gasteiger partial charge in [0.2, 0.25) is 0 Å². The topological polar surface area (TPSA) is 74.3 Å². The van der Waals surface area contributed by atoms with Gasteiger partial charge in [-0.3, -0.25) is 9.59 Å². The third-order valence-electron chi connectivity index (χ3n) is 11.9. The van der Waals surface area contributed by atoms with Crippen molar-refractivity contribution in [2.45, 2.75) is 201 Å². The molecule has 0 amide bonds. The van der Waals surface area contributed by atoms with Crippen LogP contribution in [0.1, 0.15) is 201 Å². The van der Waals surface area contributed by atoms with Crippen molar-refractivity contribution >= 4 is 11.9 Å². The molecule has 1 aliphatic heterocycles. The number of carbonyl (C=O) groups excluding carboxylic acids is 2. The highest BCUT2D eigenvalue weighted by Crippen LogP contribution is 2.22. The first kappa shape index (κ1) is 52.2. The Bertz CT molecular complexity index is 873. The molecular formula is C48H94N4O4. The van der Waals surface area contributed by atoms with E-state index in [0.29, 0.717) is 13.2 Å². The number of esters is 2. The van der Waals surface area contributed by atoms with Crippen LogP contribution >= 0.6 is 0 Å². The molecule has 0 radical (unpaired) electrons. The molecule has 0 aromatic carbocycles. The minimum Gasteiger partial charge on any atom is -0.465 e. The first-order valence-corrected chi connectivity index (χ1v) is 24.3. The molecule has 1 N–H and O–H groups in total. The Morgan fingerprint density at radius 2 is 0.929 bits per heavy atom. The summed E-state index contributed by atoms with van der Waals surface area (Å²) in [6.07, 6.45) is 30.9. The maximum absolute atomic E-state index is 13.3. The van der Waals surface area contributed by atoms with E-state index in [2.05, 4.69) is 61.3 Å². The van der Waals surface area contributed by atoms with Crippen LogP contribution < -0.4 is 5.32 Å². The van der Waals surface area contributed by atoms with Gasteiger partial charge in [0, 0.05) is 45.8 Å². The zero-order valence-corrected chi connectivity index (χ0v) is 38.0. The Balaban J connectivity index is 2.69. The van der Waals surface area contributed by atoms with Gasteiger partial charge in [0.1, 0.15) is 0 Å². The average Bonchev–Trinajstić information content (AvgIpc) is 3.20. The van der Waals surface area contributed by atoms with Gasteiger partial charge in [-0.25, -0.2) is 0 Å². The Kier molecular flexibility index (Phi) is 34.9. The summed E-state index contributed by atoms with van der Waals surface area (Å²) in [6, 6.07) is 0. The number of unbranched alkanes of at least 4 members (excludes halogenated alkanes) is 16. The molecule has 0 bridgehead atoms. The average molecular weight is 791 g/mol. The van der Waals surface area contributed by atoms with Gasteiger partial charge in [-0.1, -0.05) is 163 Å². The van der Waals surface area contributed by atoms with Crippen LogP contribution in [0.4, 0.5) is 0 Å². The normalized spacial score (nSPS) is 14.7. The summed E-state index contributed by atoms with van der Waals surface area (Å²) < 4.78 is 11.9. The molecule has 2 atom stereocenters. The standard InChI is InChI=1S/C48H94N4O4/c1-7-11-15-19-21-25-32-45(30-23-17-13-9-3)47(53)55-42-28-36-52(44(5)49-34-27-35-51-40-38-50(6)39-41-51)37-29-43-56-48(54)46(31-24-18-14-10-4)33-26-22-20-16-12-8-2/h45-46,49H,5,7-43H2,1-4,6H3. The summed E-state index contributed by atoms with van der Waals surface area (Å²) in [5.41, 5.74) is 0. The van der Waals surface area contributed by atoms with Gasteiger partial charge in [0.05, 0.1) is 30.9 Å². The predicted octanol–water partition coefficient (Wildman–Crippen LogP) is 11.5. The van der Waals surface area contributed by atoms with Gasteiger partial charge in [-0.2, -0.15) is 0 Å². The van der Waals surface area contributed by atoms with E-state index in [0.717, 1.165) is 129 Å². The molecule has 0 aromatic rings. The smallest absolute Gasteiger partial charge is 0.308 e. The van der Waals surface area contributed by atoms with Crippen LogP contribution in [0.5, 0.6) is 0 Å². The van der Waals surface area contributed by atoms with Crippen LogP contribution in [0.2, 0.25) is 0 Å². The van der Waals surface area contributed by atoms with Crippen LogP contribution in [-0.4, -0.2) is 99.3 Å². The second kappa shape index (κ2) is 37.5. The number of rotatable bonds is 40. The van der Waals surface area contributed by atoms with Gasteiger partial charge in [0.15, 0.2) is 0 Å². The van der Waals surface area contributed by atoms with Crippen molar-refractivity contribution in [1.29, 1.82) is 0 Å². The number of hydrogen-bond acceptors (Lipinski definition) is 8. The monoisotopic (exact) mass is 791 g/mol. The maximum atomic E-state index is 13.3. The van der Waals surface area contributed by atoms with E-state index in [1.165, 1.54) is 103 Å². The summed E-state index contributed by atoms with van der Waals surface area (Å²) in [5.74, 6) is 0.962.